The Bertz CT molecular complexity index is 2340. The Morgan fingerprint density at radius 1 is 0.745 bits per heavy atom. The fourth-order valence-corrected chi connectivity index (χ4v) is 7.73. The zero-order chi connectivity index (χ0) is 39.3. The summed E-state index contributed by atoms with van der Waals surface area (Å²) in [7, 11) is -0.629. The zero-order valence-electron chi connectivity index (χ0n) is 30.1. The molecule has 0 fully saturated rings. The lowest BCUT2D eigenvalue weighted by Gasteiger charge is -2.27. The van der Waals surface area contributed by atoms with E-state index in [2.05, 4.69) is 20.5 Å². The summed E-state index contributed by atoms with van der Waals surface area (Å²) < 4.78 is 94.2. The highest BCUT2D eigenvalue weighted by Gasteiger charge is 2.43. The molecule has 0 spiro atoms. The summed E-state index contributed by atoms with van der Waals surface area (Å²) in [6.07, 6.45) is -3.85. The van der Waals surface area contributed by atoms with E-state index in [9.17, 15) is 4.79 Å². The first kappa shape index (κ1) is 38.6. The molecule has 0 radical (unpaired) electrons. The first-order valence-corrected chi connectivity index (χ1v) is 18.1. The van der Waals surface area contributed by atoms with Crippen LogP contribution >= 0.6 is 0 Å². The molecule has 0 amide bonds. The number of rotatable bonds is 14. The van der Waals surface area contributed by atoms with Crippen molar-refractivity contribution in [2.24, 2.45) is 0 Å². The number of ether oxygens (including phenoxy) is 3. The maximum absolute atomic E-state index is 15.3. The second kappa shape index (κ2) is 16.1. The Morgan fingerprint density at radius 2 is 1.27 bits per heavy atom. The number of hydrogen-bond acceptors (Lipinski definition) is 10. The highest BCUT2D eigenvalue weighted by molar-refractivity contribution is 7.89. The number of methoxy groups -OCH3 is 3. The molecule has 55 heavy (non-hydrogen) atoms. The van der Waals surface area contributed by atoms with Crippen molar-refractivity contribution < 1.29 is 40.6 Å². The average molecular weight is 773 g/mol. The molecule has 0 aliphatic rings. The van der Waals surface area contributed by atoms with Gasteiger partial charge in [0, 0.05) is 37.3 Å². The molecular formula is C39H35F3N6O6S. The van der Waals surface area contributed by atoms with Gasteiger partial charge in [-0.2, -0.15) is 17.5 Å². The Kier molecular flexibility index (Phi) is 11.3. The molecule has 0 bridgehead atoms. The number of tetrazole rings is 1. The van der Waals surface area contributed by atoms with E-state index in [0.29, 0.717) is 33.9 Å². The van der Waals surface area contributed by atoms with Crippen molar-refractivity contribution >= 4 is 15.8 Å². The third-order valence-corrected chi connectivity index (χ3v) is 10.7. The van der Waals surface area contributed by atoms with Crippen molar-refractivity contribution in [1.29, 1.82) is 0 Å². The number of hydrogen-bond donors (Lipinski definition) is 0. The predicted octanol–water partition coefficient (Wildman–Crippen LogP) is 7.09. The lowest BCUT2D eigenvalue weighted by atomic mass is 9.97. The maximum Gasteiger partial charge on any atom is 0.417 e. The lowest BCUT2D eigenvalue weighted by molar-refractivity contribution is -0.139. The molecule has 2 heterocycles. The summed E-state index contributed by atoms with van der Waals surface area (Å²) in [5, 5.41) is 12.0. The van der Waals surface area contributed by atoms with Gasteiger partial charge < -0.3 is 14.2 Å². The van der Waals surface area contributed by atoms with Crippen LogP contribution in [0.15, 0.2) is 108 Å². The van der Waals surface area contributed by atoms with Crippen molar-refractivity contribution in [3.63, 3.8) is 0 Å². The number of aromatic nitrogens is 5. The SMILES string of the molecule is COc1ccc(CN(Cc2ccc(OC)cc2)S(=O)(=O)c2c(C(F)(F)F)ccc(-c3ccc(C(C)=O)nc3)c2-c2nnnn2Cc2ccc(OC)cc2)cc1. The van der Waals surface area contributed by atoms with Crippen LogP contribution < -0.4 is 14.2 Å². The summed E-state index contributed by atoms with van der Waals surface area (Å²) in [4.78, 5) is 15.2. The van der Waals surface area contributed by atoms with Crippen LogP contribution in [-0.4, -0.2) is 65.0 Å². The molecular weight excluding hydrogens is 738 g/mol. The monoisotopic (exact) mass is 772 g/mol. The molecule has 6 rings (SSSR count). The second-order valence-corrected chi connectivity index (χ2v) is 14.2. The van der Waals surface area contributed by atoms with Gasteiger partial charge in [0.1, 0.15) is 27.8 Å². The largest absolute Gasteiger partial charge is 0.497 e. The standard InChI is InChI=1S/C39H35F3N6O6S/c1-25(49)35-20-11-29(21-43-35)33-18-19-34(39(40,41)42)37(36(33)38-44-45-46-48(38)24-28-9-16-32(54-4)17-10-28)55(50,51)47(22-26-5-12-30(52-2)13-6-26)23-27-7-14-31(53-3)15-8-27/h5-21H,22-24H2,1-4H3. The van der Waals surface area contributed by atoms with Crippen molar-refractivity contribution in [3.05, 3.63) is 131 Å². The van der Waals surface area contributed by atoms with Gasteiger partial charge in [0.05, 0.1) is 33.4 Å². The van der Waals surface area contributed by atoms with Gasteiger partial charge in [-0.15, -0.1) is 5.10 Å². The predicted molar refractivity (Wildman–Crippen MR) is 196 cm³/mol. The third-order valence-electron chi connectivity index (χ3n) is 8.78. The van der Waals surface area contributed by atoms with Gasteiger partial charge in [-0.1, -0.05) is 48.5 Å². The minimum atomic E-state index is -5.15. The first-order chi connectivity index (χ1) is 26.3. The topological polar surface area (TPSA) is 139 Å². The molecule has 0 N–H and O–H groups in total. The number of carbonyl (C=O) groups is 1. The summed E-state index contributed by atoms with van der Waals surface area (Å²) >= 11 is 0. The molecule has 2 aromatic heterocycles. The summed E-state index contributed by atoms with van der Waals surface area (Å²) in [6.45, 7) is 0.657. The minimum Gasteiger partial charge on any atom is -0.497 e. The summed E-state index contributed by atoms with van der Waals surface area (Å²) in [5.74, 6) is 1.01. The average Bonchev–Trinajstić information content (AvgIpc) is 3.65. The Labute approximate surface area is 315 Å². The smallest absolute Gasteiger partial charge is 0.417 e. The molecule has 16 heteroatoms. The van der Waals surface area contributed by atoms with Crippen molar-refractivity contribution in [3.8, 4) is 39.8 Å². The van der Waals surface area contributed by atoms with E-state index >= 15 is 21.6 Å². The molecule has 284 valence electrons. The van der Waals surface area contributed by atoms with Gasteiger partial charge in [0.15, 0.2) is 11.6 Å². The number of benzene rings is 4. The lowest BCUT2D eigenvalue weighted by Crippen LogP contribution is -2.32. The van der Waals surface area contributed by atoms with E-state index < -0.39 is 32.2 Å². The molecule has 0 atom stereocenters. The normalized spacial score (nSPS) is 11.8. The van der Waals surface area contributed by atoms with E-state index in [1.807, 2.05) is 0 Å². The van der Waals surface area contributed by atoms with E-state index in [1.54, 1.807) is 72.8 Å². The van der Waals surface area contributed by atoms with Crippen LogP contribution in [0.5, 0.6) is 17.2 Å². The summed E-state index contributed by atoms with van der Waals surface area (Å²) in [6, 6.07) is 24.7. The van der Waals surface area contributed by atoms with E-state index in [0.717, 1.165) is 16.4 Å². The molecule has 0 unspecified atom stereocenters. The van der Waals surface area contributed by atoms with E-state index in [4.69, 9.17) is 14.2 Å². The number of alkyl halides is 3. The molecule has 0 saturated heterocycles. The van der Waals surface area contributed by atoms with Crippen LogP contribution in [0.3, 0.4) is 0 Å². The van der Waals surface area contributed by atoms with Crippen LogP contribution in [0.25, 0.3) is 22.5 Å². The fourth-order valence-electron chi connectivity index (χ4n) is 5.92. The number of halogens is 3. The van der Waals surface area contributed by atoms with Crippen molar-refractivity contribution in [1.82, 2.24) is 29.5 Å². The number of pyridine rings is 1. The van der Waals surface area contributed by atoms with Gasteiger partial charge in [0.25, 0.3) is 0 Å². The molecule has 4 aromatic carbocycles. The molecule has 0 aliphatic carbocycles. The zero-order valence-corrected chi connectivity index (χ0v) is 30.9. The van der Waals surface area contributed by atoms with Crippen LogP contribution in [0.2, 0.25) is 0 Å². The Balaban J connectivity index is 1.62. The number of Topliss-reactive ketones (excluding diaryl/α,β-unsaturated/α-hetero) is 1. The molecule has 0 aliphatic heterocycles. The van der Waals surface area contributed by atoms with Gasteiger partial charge in [0.2, 0.25) is 10.0 Å². The van der Waals surface area contributed by atoms with Gasteiger partial charge in [-0.25, -0.2) is 13.1 Å². The quantitative estimate of drug-likeness (QED) is 0.106. The van der Waals surface area contributed by atoms with Crippen LogP contribution in [0.4, 0.5) is 13.2 Å². The first-order valence-electron chi connectivity index (χ1n) is 16.7. The fraction of sp³-hybridized carbons (Fsp3) is 0.205. The highest BCUT2D eigenvalue weighted by atomic mass is 32.2. The maximum atomic E-state index is 15.3. The number of nitrogens with zero attached hydrogens (tertiary/aromatic N) is 6. The van der Waals surface area contributed by atoms with E-state index in [-0.39, 0.29) is 48.1 Å². The van der Waals surface area contributed by atoms with E-state index in [1.165, 1.54) is 51.3 Å². The Hall–Kier alpha value is -6.13. The van der Waals surface area contributed by atoms with Crippen LogP contribution in [0.1, 0.15) is 39.7 Å². The van der Waals surface area contributed by atoms with Gasteiger partial charge in [-0.3, -0.25) is 9.78 Å². The number of carbonyl (C=O) groups excluding carboxylic acids is 1. The third kappa shape index (κ3) is 8.50. The summed E-state index contributed by atoms with van der Waals surface area (Å²) in [5.41, 5.74) is 0.165. The molecule has 12 nitrogen and oxygen atoms in total. The van der Waals surface area contributed by atoms with Crippen LogP contribution in [-0.2, 0) is 35.8 Å². The molecule has 0 saturated carbocycles. The number of ketones is 1. The van der Waals surface area contributed by atoms with Gasteiger partial charge >= 0.3 is 6.18 Å². The van der Waals surface area contributed by atoms with Gasteiger partial charge in [-0.05, 0) is 81.2 Å². The molecule has 6 aromatic rings. The highest BCUT2D eigenvalue weighted by Crippen LogP contribution is 2.45. The number of sulfonamides is 1. The van der Waals surface area contributed by atoms with Crippen molar-refractivity contribution in [2.45, 2.75) is 37.6 Å². The van der Waals surface area contributed by atoms with Crippen LogP contribution in [0, 0.1) is 0 Å². The van der Waals surface area contributed by atoms with Crippen molar-refractivity contribution in [2.75, 3.05) is 21.3 Å². The minimum absolute atomic E-state index is 0.0359. The second-order valence-electron chi connectivity index (χ2n) is 12.3. The Morgan fingerprint density at radius 3 is 1.73 bits per heavy atom.